The van der Waals surface area contributed by atoms with Crippen molar-refractivity contribution in [2.24, 2.45) is 0 Å². The number of aryl methyl sites for hydroxylation is 1. The van der Waals surface area contributed by atoms with Crippen molar-refractivity contribution in [2.75, 3.05) is 0 Å². The monoisotopic (exact) mass is 346 g/mol. The first-order valence-electron chi connectivity index (χ1n) is 7.59. The number of hydrogen-bond acceptors (Lipinski definition) is 2. The third-order valence-corrected chi connectivity index (χ3v) is 5.77. The predicted octanol–water partition coefficient (Wildman–Crippen LogP) is 6.38. The molecule has 19 heavy (non-hydrogen) atoms. The minimum Gasteiger partial charge on any atom is -0.388 e. The fraction of sp³-hybridized carbons (Fsp3) is 0.750. The zero-order valence-electron chi connectivity index (χ0n) is 12.3. The standard InChI is InChI=1S/C16H27BrOS/c1-3-4-5-6-7-8-9-10-11-15(18)16-12-14(17)13(2)19-16/h12,15,18H,3-11H2,1-2H3. The van der Waals surface area contributed by atoms with Gasteiger partial charge < -0.3 is 5.11 Å². The summed E-state index contributed by atoms with van der Waals surface area (Å²) < 4.78 is 1.13. The van der Waals surface area contributed by atoms with Crippen LogP contribution < -0.4 is 0 Å². The van der Waals surface area contributed by atoms with Crippen molar-refractivity contribution in [1.29, 1.82) is 0 Å². The fourth-order valence-electron chi connectivity index (χ4n) is 2.26. The highest BCUT2D eigenvalue weighted by atomic mass is 79.9. The molecule has 1 unspecified atom stereocenters. The van der Waals surface area contributed by atoms with Gasteiger partial charge in [-0.05, 0) is 35.3 Å². The highest BCUT2D eigenvalue weighted by Crippen LogP contribution is 2.32. The molecule has 110 valence electrons. The van der Waals surface area contributed by atoms with E-state index < -0.39 is 0 Å². The number of aliphatic hydroxyl groups excluding tert-OH is 1. The molecule has 0 bridgehead atoms. The Bertz CT molecular complexity index is 329. The van der Waals surface area contributed by atoms with Gasteiger partial charge >= 0.3 is 0 Å². The van der Waals surface area contributed by atoms with Crippen LogP contribution in [0.15, 0.2) is 10.5 Å². The van der Waals surface area contributed by atoms with Crippen LogP contribution in [0.5, 0.6) is 0 Å². The largest absolute Gasteiger partial charge is 0.388 e. The summed E-state index contributed by atoms with van der Waals surface area (Å²) in [6, 6.07) is 2.06. The summed E-state index contributed by atoms with van der Waals surface area (Å²) in [7, 11) is 0. The molecule has 1 N–H and O–H groups in total. The van der Waals surface area contributed by atoms with Crippen LogP contribution in [0.4, 0.5) is 0 Å². The maximum atomic E-state index is 10.1. The van der Waals surface area contributed by atoms with Crippen molar-refractivity contribution in [3.8, 4) is 0 Å². The van der Waals surface area contributed by atoms with Gasteiger partial charge in [0.25, 0.3) is 0 Å². The Morgan fingerprint density at radius 3 is 2.21 bits per heavy atom. The van der Waals surface area contributed by atoms with Crippen LogP contribution in [-0.2, 0) is 0 Å². The summed E-state index contributed by atoms with van der Waals surface area (Å²) in [5.41, 5.74) is 0. The lowest BCUT2D eigenvalue weighted by Crippen LogP contribution is -1.94. The molecule has 0 aliphatic heterocycles. The normalized spacial score (nSPS) is 12.8. The third-order valence-electron chi connectivity index (χ3n) is 3.54. The first kappa shape index (κ1) is 17.2. The Hall–Kier alpha value is 0.140. The SMILES string of the molecule is CCCCCCCCCCC(O)c1cc(Br)c(C)s1. The topological polar surface area (TPSA) is 20.2 Å². The van der Waals surface area contributed by atoms with Crippen LogP contribution in [0.3, 0.4) is 0 Å². The van der Waals surface area contributed by atoms with E-state index in [9.17, 15) is 5.11 Å². The van der Waals surface area contributed by atoms with E-state index >= 15 is 0 Å². The molecule has 0 saturated heterocycles. The summed E-state index contributed by atoms with van der Waals surface area (Å²) >= 11 is 5.21. The van der Waals surface area contributed by atoms with E-state index in [-0.39, 0.29) is 6.10 Å². The first-order valence-corrected chi connectivity index (χ1v) is 9.20. The minimum atomic E-state index is -0.268. The molecular formula is C16H27BrOS. The number of thiophene rings is 1. The molecule has 0 saturated carbocycles. The first-order chi connectivity index (χ1) is 9.15. The smallest absolute Gasteiger partial charge is 0.0882 e. The highest BCUT2D eigenvalue weighted by molar-refractivity contribution is 9.10. The Morgan fingerprint density at radius 1 is 1.11 bits per heavy atom. The third kappa shape index (κ3) is 6.92. The summed E-state index contributed by atoms with van der Waals surface area (Å²) in [5, 5.41) is 10.1. The Labute approximate surface area is 130 Å². The Balaban J connectivity index is 2.06. The number of hydrogen-bond donors (Lipinski definition) is 1. The number of unbranched alkanes of at least 4 members (excludes halogenated alkanes) is 7. The van der Waals surface area contributed by atoms with Gasteiger partial charge in [0.15, 0.2) is 0 Å². The molecule has 0 fully saturated rings. The van der Waals surface area contributed by atoms with Crippen LogP contribution in [0.1, 0.15) is 80.6 Å². The average Bonchev–Trinajstić information content (AvgIpc) is 2.73. The molecule has 0 aliphatic carbocycles. The second-order valence-corrected chi connectivity index (χ2v) is 7.47. The number of halogens is 1. The van der Waals surface area contributed by atoms with Crippen molar-refractivity contribution in [2.45, 2.75) is 77.7 Å². The van der Waals surface area contributed by atoms with E-state index in [0.29, 0.717) is 0 Å². The van der Waals surface area contributed by atoms with Gasteiger partial charge in [-0.15, -0.1) is 11.3 Å². The second-order valence-electron chi connectivity index (χ2n) is 5.33. The maximum Gasteiger partial charge on any atom is 0.0882 e. The van der Waals surface area contributed by atoms with Gasteiger partial charge in [-0.3, -0.25) is 0 Å². The Morgan fingerprint density at radius 2 is 1.68 bits per heavy atom. The molecule has 3 heteroatoms. The predicted molar refractivity (Wildman–Crippen MR) is 88.9 cm³/mol. The molecule has 0 radical (unpaired) electrons. The van der Waals surface area contributed by atoms with Gasteiger partial charge in [0.2, 0.25) is 0 Å². The van der Waals surface area contributed by atoms with Crippen LogP contribution in [0, 0.1) is 6.92 Å². The van der Waals surface area contributed by atoms with Crippen molar-refractivity contribution >= 4 is 27.3 Å². The van der Waals surface area contributed by atoms with Crippen LogP contribution in [0.25, 0.3) is 0 Å². The fourth-order valence-corrected chi connectivity index (χ4v) is 3.84. The lowest BCUT2D eigenvalue weighted by Gasteiger charge is -2.08. The van der Waals surface area contributed by atoms with E-state index in [1.165, 1.54) is 49.8 Å². The van der Waals surface area contributed by atoms with Gasteiger partial charge in [-0.25, -0.2) is 0 Å². The molecule has 1 heterocycles. The van der Waals surface area contributed by atoms with Gasteiger partial charge in [0.05, 0.1) is 6.10 Å². The van der Waals surface area contributed by atoms with E-state index in [1.807, 2.05) is 0 Å². The zero-order valence-corrected chi connectivity index (χ0v) is 14.7. The molecule has 1 aromatic rings. The van der Waals surface area contributed by atoms with Gasteiger partial charge in [-0.2, -0.15) is 0 Å². The molecule has 1 atom stereocenters. The van der Waals surface area contributed by atoms with Crippen molar-refractivity contribution in [3.63, 3.8) is 0 Å². The molecular weight excluding hydrogens is 320 g/mol. The van der Waals surface area contributed by atoms with E-state index in [0.717, 1.165) is 22.2 Å². The number of aliphatic hydroxyl groups is 1. The van der Waals surface area contributed by atoms with Crippen LogP contribution >= 0.6 is 27.3 Å². The van der Waals surface area contributed by atoms with Gasteiger partial charge in [0, 0.05) is 14.2 Å². The molecule has 0 aliphatic rings. The second kappa shape index (κ2) is 9.95. The van der Waals surface area contributed by atoms with E-state index in [1.54, 1.807) is 11.3 Å². The summed E-state index contributed by atoms with van der Waals surface area (Å²) in [5.74, 6) is 0. The quantitative estimate of drug-likeness (QED) is 0.487. The van der Waals surface area contributed by atoms with Crippen molar-refractivity contribution in [3.05, 3.63) is 20.3 Å². The zero-order chi connectivity index (χ0) is 14.1. The highest BCUT2D eigenvalue weighted by Gasteiger charge is 2.11. The van der Waals surface area contributed by atoms with E-state index in [4.69, 9.17) is 0 Å². The van der Waals surface area contributed by atoms with Gasteiger partial charge in [0.1, 0.15) is 0 Å². The van der Waals surface area contributed by atoms with Crippen LogP contribution in [-0.4, -0.2) is 5.11 Å². The Kier molecular flexibility index (Phi) is 9.01. The molecule has 0 spiro atoms. The molecule has 1 rings (SSSR count). The lowest BCUT2D eigenvalue weighted by atomic mass is 10.1. The molecule has 1 aromatic heterocycles. The van der Waals surface area contributed by atoms with Crippen molar-refractivity contribution in [1.82, 2.24) is 0 Å². The molecule has 0 amide bonds. The lowest BCUT2D eigenvalue weighted by molar-refractivity contribution is 0.167. The summed E-state index contributed by atoms with van der Waals surface area (Å²) in [4.78, 5) is 2.36. The van der Waals surface area contributed by atoms with Gasteiger partial charge in [-0.1, -0.05) is 58.3 Å². The maximum absolute atomic E-state index is 10.1. The molecule has 0 aromatic carbocycles. The van der Waals surface area contributed by atoms with Crippen molar-refractivity contribution < 1.29 is 5.11 Å². The van der Waals surface area contributed by atoms with Crippen LogP contribution in [0.2, 0.25) is 0 Å². The summed E-state index contributed by atoms with van der Waals surface area (Å²) in [6.45, 7) is 4.34. The summed E-state index contributed by atoms with van der Waals surface area (Å²) in [6.07, 6.45) is 11.2. The van der Waals surface area contributed by atoms with E-state index in [2.05, 4.69) is 35.8 Å². The average molecular weight is 347 g/mol. The minimum absolute atomic E-state index is 0.268. The number of rotatable bonds is 10. The molecule has 1 nitrogen and oxygen atoms in total.